The molecule has 0 atom stereocenters. The number of anilines is 1. The van der Waals surface area contributed by atoms with Crippen molar-refractivity contribution in [3.63, 3.8) is 0 Å². The van der Waals surface area contributed by atoms with E-state index in [2.05, 4.69) is 21.6 Å². The van der Waals surface area contributed by atoms with Gasteiger partial charge >= 0.3 is 0 Å². The Balaban J connectivity index is 1.77. The predicted molar refractivity (Wildman–Crippen MR) is 88.8 cm³/mol. The first-order valence-corrected chi connectivity index (χ1v) is 7.71. The number of hydrogen-bond donors (Lipinski definition) is 2. The summed E-state index contributed by atoms with van der Waals surface area (Å²) in [7, 11) is 3.28. The number of ether oxygens (including phenoxy) is 2. The van der Waals surface area contributed by atoms with Gasteiger partial charge in [-0.25, -0.2) is 0 Å². The van der Waals surface area contributed by atoms with E-state index in [-0.39, 0.29) is 0 Å². The number of aromatic nitrogens is 2. The van der Waals surface area contributed by atoms with Gasteiger partial charge in [0.25, 0.3) is 0 Å². The maximum absolute atomic E-state index is 5.28. The molecule has 2 aromatic heterocycles. The summed E-state index contributed by atoms with van der Waals surface area (Å²) in [5.74, 6) is 1.51. The molecule has 1 aromatic carbocycles. The van der Waals surface area contributed by atoms with E-state index in [1.54, 1.807) is 25.6 Å². The molecule has 22 heavy (non-hydrogen) atoms. The maximum Gasteiger partial charge on any atom is 0.124 e. The Morgan fingerprint density at radius 3 is 2.59 bits per heavy atom. The van der Waals surface area contributed by atoms with Crippen molar-refractivity contribution in [1.29, 1.82) is 0 Å². The number of H-pyrrole nitrogens is 1. The average Bonchev–Trinajstić information content (AvgIpc) is 3.23. The van der Waals surface area contributed by atoms with Gasteiger partial charge in [0.1, 0.15) is 17.2 Å². The molecule has 0 aliphatic carbocycles. The van der Waals surface area contributed by atoms with Crippen LogP contribution < -0.4 is 14.8 Å². The molecule has 0 saturated carbocycles. The third-order valence-electron chi connectivity index (χ3n) is 3.31. The van der Waals surface area contributed by atoms with Gasteiger partial charge in [0.15, 0.2) is 0 Å². The van der Waals surface area contributed by atoms with Gasteiger partial charge in [-0.1, -0.05) is 6.07 Å². The molecule has 0 bridgehead atoms. The van der Waals surface area contributed by atoms with Crippen molar-refractivity contribution in [1.82, 2.24) is 10.2 Å². The molecule has 3 aromatic rings. The Kier molecular flexibility index (Phi) is 4.29. The lowest BCUT2D eigenvalue weighted by Gasteiger charge is -2.10. The van der Waals surface area contributed by atoms with Crippen LogP contribution in [0.25, 0.3) is 10.6 Å². The molecule has 2 heterocycles. The van der Waals surface area contributed by atoms with Crippen LogP contribution in [0.2, 0.25) is 0 Å². The first-order chi connectivity index (χ1) is 10.8. The summed E-state index contributed by atoms with van der Waals surface area (Å²) in [6.07, 6.45) is 1.92. The normalized spacial score (nSPS) is 10.5. The lowest BCUT2D eigenvalue weighted by molar-refractivity contribution is 0.394. The maximum atomic E-state index is 5.28. The van der Waals surface area contributed by atoms with Crippen molar-refractivity contribution in [3.8, 4) is 22.1 Å². The summed E-state index contributed by atoms with van der Waals surface area (Å²) in [6.45, 7) is 0.667. The summed E-state index contributed by atoms with van der Waals surface area (Å²) in [4.78, 5) is 1.15. The molecule has 0 fully saturated rings. The molecule has 0 unspecified atom stereocenters. The van der Waals surface area contributed by atoms with Crippen LogP contribution in [0, 0.1) is 0 Å². The fourth-order valence-electron chi connectivity index (χ4n) is 2.18. The largest absolute Gasteiger partial charge is 0.497 e. The summed E-state index contributed by atoms with van der Waals surface area (Å²) in [5.41, 5.74) is 3.04. The first kappa shape index (κ1) is 14.5. The third-order valence-corrected chi connectivity index (χ3v) is 4.18. The third kappa shape index (κ3) is 3.07. The SMILES string of the molecule is COc1cc(NCc2c[nH]nc2-c2cccs2)cc(OC)c1. The Morgan fingerprint density at radius 2 is 1.95 bits per heavy atom. The number of nitrogens with one attached hydrogen (secondary N) is 2. The van der Waals surface area contributed by atoms with Crippen LogP contribution in [0.5, 0.6) is 11.5 Å². The van der Waals surface area contributed by atoms with Crippen LogP contribution >= 0.6 is 11.3 Å². The number of thiophene rings is 1. The van der Waals surface area contributed by atoms with Crippen LogP contribution in [0.4, 0.5) is 5.69 Å². The quantitative estimate of drug-likeness (QED) is 0.727. The molecule has 0 spiro atoms. The summed E-state index contributed by atoms with van der Waals surface area (Å²) < 4.78 is 10.6. The Hall–Kier alpha value is -2.47. The second-order valence-electron chi connectivity index (χ2n) is 4.69. The highest BCUT2D eigenvalue weighted by atomic mass is 32.1. The zero-order valence-electron chi connectivity index (χ0n) is 12.4. The summed E-state index contributed by atoms with van der Waals surface area (Å²) >= 11 is 1.68. The minimum atomic E-state index is 0.667. The Labute approximate surface area is 132 Å². The highest BCUT2D eigenvalue weighted by Crippen LogP contribution is 2.28. The number of rotatable bonds is 6. The highest BCUT2D eigenvalue weighted by Gasteiger charge is 2.09. The number of methoxy groups -OCH3 is 2. The van der Waals surface area contributed by atoms with Gasteiger partial charge in [-0.2, -0.15) is 5.10 Å². The van der Waals surface area contributed by atoms with Gasteiger partial charge in [-0.05, 0) is 11.4 Å². The van der Waals surface area contributed by atoms with Crippen molar-refractivity contribution in [2.75, 3.05) is 19.5 Å². The fraction of sp³-hybridized carbons (Fsp3) is 0.188. The summed E-state index contributed by atoms with van der Waals surface area (Å²) in [5, 5.41) is 12.7. The van der Waals surface area contributed by atoms with Crippen molar-refractivity contribution in [3.05, 3.63) is 47.5 Å². The molecule has 3 rings (SSSR count). The number of aromatic amines is 1. The van der Waals surface area contributed by atoms with Gasteiger partial charge in [0, 0.05) is 42.2 Å². The molecular formula is C16H17N3O2S. The molecule has 114 valence electrons. The monoisotopic (exact) mass is 315 g/mol. The van der Waals surface area contributed by atoms with Crippen LogP contribution in [-0.4, -0.2) is 24.4 Å². The Bertz CT molecular complexity index is 715. The smallest absolute Gasteiger partial charge is 0.124 e. The topological polar surface area (TPSA) is 59.2 Å². The molecular weight excluding hydrogens is 298 g/mol. The second kappa shape index (κ2) is 6.53. The molecule has 2 N–H and O–H groups in total. The number of hydrogen-bond acceptors (Lipinski definition) is 5. The van der Waals surface area contributed by atoms with E-state index < -0.39 is 0 Å². The van der Waals surface area contributed by atoms with Gasteiger partial charge in [0.2, 0.25) is 0 Å². The van der Waals surface area contributed by atoms with E-state index in [0.29, 0.717) is 6.54 Å². The van der Waals surface area contributed by atoms with E-state index in [9.17, 15) is 0 Å². The van der Waals surface area contributed by atoms with Gasteiger partial charge in [-0.15, -0.1) is 11.3 Å². The van der Waals surface area contributed by atoms with Gasteiger partial charge in [0.05, 0.1) is 19.1 Å². The first-order valence-electron chi connectivity index (χ1n) is 6.83. The van der Waals surface area contributed by atoms with Crippen molar-refractivity contribution in [2.45, 2.75) is 6.54 Å². The van der Waals surface area contributed by atoms with Gasteiger partial charge in [-0.3, -0.25) is 5.10 Å². The van der Waals surface area contributed by atoms with Crippen LogP contribution in [0.15, 0.2) is 41.9 Å². The van der Waals surface area contributed by atoms with Crippen LogP contribution in [0.3, 0.4) is 0 Å². The number of benzene rings is 1. The Morgan fingerprint density at radius 1 is 1.18 bits per heavy atom. The standard InChI is InChI=1S/C16H17N3O2S/c1-20-13-6-12(7-14(8-13)21-2)17-9-11-10-18-19-16(11)15-4-3-5-22-15/h3-8,10,17H,9H2,1-2H3,(H,18,19). The van der Waals surface area contributed by atoms with E-state index in [1.807, 2.05) is 35.8 Å². The van der Waals surface area contributed by atoms with Crippen LogP contribution in [0.1, 0.15) is 5.56 Å². The van der Waals surface area contributed by atoms with E-state index in [4.69, 9.17) is 9.47 Å². The minimum Gasteiger partial charge on any atom is -0.497 e. The molecule has 0 aliphatic heterocycles. The molecule has 0 saturated heterocycles. The zero-order valence-corrected chi connectivity index (χ0v) is 13.2. The van der Waals surface area contributed by atoms with Crippen molar-refractivity contribution in [2.24, 2.45) is 0 Å². The van der Waals surface area contributed by atoms with E-state index in [1.165, 1.54) is 0 Å². The van der Waals surface area contributed by atoms with Gasteiger partial charge < -0.3 is 14.8 Å². The lowest BCUT2D eigenvalue weighted by atomic mass is 10.2. The molecule has 5 nitrogen and oxygen atoms in total. The minimum absolute atomic E-state index is 0.667. The average molecular weight is 315 g/mol. The lowest BCUT2D eigenvalue weighted by Crippen LogP contribution is -2.00. The predicted octanol–water partition coefficient (Wildman–Crippen LogP) is 3.77. The second-order valence-corrected chi connectivity index (χ2v) is 5.64. The van der Waals surface area contributed by atoms with Crippen molar-refractivity contribution < 1.29 is 9.47 Å². The summed E-state index contributed by atoms with van der Waals surface area (Å²) in [6, 6.07) is 9.82. The molecule has 0 aliphatic rings. The van der Waals surface area contributed by atoms with Crippen LogP contribution in [-0.2, 0) is 6.54 Å². The molecule has 0 amide bonds. The molecule has 0 radical (unpaired) electrons. The zero-order chi connectivity index (χ0) is 15.4. The van der Waals surface area contributed by atoms with E-state index >= 15 is 0 Å². The van der Waals surface area contributed by atoms with E-state index in [0.717, 1.165) is 33.3 Å². The van der Waals surface area contributed by atoms with Crippen molar-refractivity contribution >= 4 is 17.0 Å². The fourth-order valence-corrected chi connectivity index (χ4v) is 2.93. The number of nitrogens with zero attached hydrogens (tertiary/aromatic N) is 1. The highest BCUT2D eigenvalue weighted by molar-refractivity contribution is 7.13. The molecule has 6 heteroatoms.